The maximum atomic E-state index is 11.9. The van der Waals surface area contributed by atoms with Gasteiger partial charge in [-0.05, 0) is 12.5 Å². The van der Waals surface area contributed by atoms with Crippen LogP contribution in [0.5, 0.6) is 0 Å². The molecule has 1 heterocycles. The van der Waals surface area contributed by atoms with Crippen LogP contribution in [-0.2, 0) is 6.42 Å². The number of hydrogen-bond acceptors (Lipinski definition) is 7. The zero-order valence-corrected chi connectivity index (χ0v) is 13.3. The van der Waals surface area contributed by atoms with Crippen molar-refractivity contribution < 1.29 is 14.6 Å². The molecule has 0 unspecified atom stereocenters. The third-order valence-electron chi connectivity index (χ3n) is 3.00. The summed E-state index contributed by atoms with van der Waals surface area (Å²) in [7, 11) is 0. The second-order valence-corrected chi connectivity index (χ2v) is 5.74. The molecule has 0 fully saturated rings. The molecule has 1 aromatic heterocycles. The third kappa shape index (κ3) is 3.98. The highest BCUT2D eigenvalue weighted by Gasteiger charge is 2.16. The summed E-state index contributed by atoms with van der Waals surface area (Å²) in [5.74, 6) is -0.614. The largest absolute Gasteiger partial charge is 0.283 e. The van der Waals surface area contributed by atoms with E-state index in [1.54, 1.807) is 0 Å². The molecular weight excluding hydrogens is 336 g/mol. The van der Waals surface area contributed by atoms with Crippen molar-refractivity contribution in [1.29, 1.82) is 0 Å². The highest BCUT2D eigenvalue weighted by Crippen LogP contribution is 2.28. The molecule has 0 bridgehead atoms. The van der Waals surface area contributed by atoms with E-state index in [1.807, 2.05) is 6.92 Å². The normalized spacial score (nSPS) is 10.7. The molecule has 2 aromatic rings. The van der Waals surface area contributed by atoms with Gasteiger partial charge in [0.2, 0.25) is 0 Å². The number of thiophene rings is 1. The smallest absolute Gasteiger partial charge is 0.267 e. The molecule has 0 aliphatic rings. The fraction of sp³-hybridized carbons (Fsp3) is 0.143. The van der Waals surface area contributed by atoms with Crippen molar-refractivity contribution in [2.45, 2.75) is 13.3 Å². The van der Waals surface area contributed by atoms with E-state index in [4.69, 9.17) is 0 Å². The Morgan fingerprint density at radius 1 is 1.29 bits per heavy atom. The average Bonchev–Trinajstić information content (AvgIpc) is 2.98. The van der Waals surface area contributed by atoms with Crippen LogP contribution in [0.25, 0.3) is 0 Å². The minimum atomic E-state index is -0.614. The Morgan fingerprint density at radius 2 is 2.04 bits per heavy atom. The van der Waals surface area contributed by atoms with Crippen LogP contribution in [0, 0.1) is 20.2 Å². The second-order valence-electron chi connectivity index (χ2n) is 4.57. The van der Waals surface area contributed by atoms with E-state index in [0.717, 1.165) is 6.07 Å². The highest BCUT2D eigenvalue weighted by molar-refractivity contribution is 7.14. The molecule has 0 aliphatic carbocycles. The van der Waals surface area contributed by atoms with Gasteiger partial charge >= 0.3 is 0 Å². The molecule has 24 heavy (non-hydrogen) atoms. The van der Waals surface area contributed by atoms with Gasteiger partial charge in [0.25, 0.3) is 17.3 Å². The molecule has 0 spiro atoms. The van der Waals surface area contributed by atoms with Gasteiger partial charge < -0.3 is 0 Å². The monoisotopic (exact) mass is 348 g/mol. The fourth-order valence-electron chi connectivity index (χ4n) is 1.89. The first kappa shape index (κ1) is 17.2. The molecule has 0 aliphatic heterocycles. The van der Waals surface area contributed by atoms with Crippen molar-refractivity contribution in [3.63, 3.8) is 0 Å². The highest BCUT2D eigenvalue weighted by atomic mass is 32.1. The number of nitrogens with zero attached hydrogens (tertiary/aromatic N) is 3. The zero-order valence-electron chi connectivity index (χ0n) is 12.5. The van der Waals surface area contributed by atoms with E-state index < -0.39 is 15.8 Å². The van der Waals surface area contributed by atoms with E-state index in [0.29, 0.717) is 16.2 Å². The minimum Gasteiger partial charge on any atom is -0.267 e. The number of aryl methyl sites for hydroxylation is 1. The summed E-state index contributed by atoms with van der Waals surface area (Å²) in [6.07, 6.45) is 1.82. The van der Waals surface area contributed by atoms with Crippen LogP contribution in [0.1, 0.15) is 27.0 Å². The minimum absolute atomic E-state index is 0.0222. The molecule has 10 heteroatoms. The van der Waals surface area contributed by atoms with Crippen molar-refractivity contribution in [2.75, 3.05) is 0 Å². The van der Waals surface area contributed by atoms with Gasteiger partial charge in [0.15, 0.2) is 0 Å². The maximum absolute atomic E-state index is 11.9. The summed E-state index contributed by atoms with van der Waals surface area (Å²) in [4.78, 5) is 33.5. The van der Waals surface area contributed by atoms with Crippen LogP contribution in [0.15, 0.2) is 35.4 Å². The Balaban J connectivity index is 2.09. The Bertz CT molecular complexity index is 830. The molecule has 9 nitrogen and oxygen atoms in total. The standard InChI is InChI=1S/C14H12N4O5S/c1-2-13-12(18(22)23)7-11(24-13)8-15-16-14(19)9-4-3-5-10(6-9)17(20)21/h3-8H,2H2,1H3,(H,16,19)/b15-8-. The van der Waals surface area contributed by atoms with E-state index in [-0.39, 0.29) is 16.9 Å². The fourth-order valence-corrected chi connectivity index (χ4v) is 2.83. The summed E-state index contributed by atoms with van der Waals surface area (Å²) in [5.41, 5.74) is 2.15. The summed E-state index contributed by atoms with van der Waals surface area (Å²) in [6.45, 7) is 1.81. The second kappa shape index (κ2) is 7.42. The molecule has 0 saturated carbocycles. The van der Waals surface area contributed by atoms with Crippen LogP contribution in [0.2, 0.25) is 0 Å². The lowest BCUT2D eigenvalue weighted by Crippen LogP contribution is -2.17. The van der Waals surface area contributed by atoms with E-state index in [2.05, 4.69) is 10.5 Å². The molecule has 2 rings (SSSR count). The number of rotatable bonds is 6. The van der Waals surface area contributed by atoms with Crippen LogP contribution in [-0.4, -0.2) is 22.0 Å². The number of hydrazone groups is 1. The lowest BCUT2D eigenvalue weighted by molar-refractivity contribution is -0.385. The van der Waals surface area contributed by atoms with Gasteiger partial charge in [0.1, 0.15) is 0 Å². The Hall–Kier alpha value is -3.14. The number of benzene rings is 1. The molecule has 0 saturated heterocycles. The topological polar surface area (TPSA) is 128 Å². The van der Waals surface area contributed by atoms with E-state index in [9.17, 15) is 25.0 Å². The van der Waals surface area contributed by atoms with Gasteiger partial charge in [-0.2, -0.15) is 5.10 Å². The first-order chi connectivity index (χ1) is 11.4. The van der Waals surface area contributed by atoms with E-state index in [1.165, 1.54) is 41.8 Å². The SMILES string of the molecule is CCc1sc(/C=N\NC(=O)c2cccc([N+](=O)[O-])c2)cc1[N+](=O)[O-]. The van der Waals surface area contributed by atoms with Gasteiger partial charge in [-0.15, -0.1) is 11.3 Å². The number of nitro groups is 2. The number of hydrogen-bond donors (Lipinski definition) is 1. The number of non-ortho nitro benzene ring substituents is 1. The quantitative estimate of drug-likeness (QED) is 0.487. The maximum Gasteiger partial charge on any atom is 0.283 e. The first-order valence-corrected chi connectivity index (χ1v) is 7.59. The van der Waals surface area contributed by atoms with Crippen molar-refractivity contribution in [3.8, 4) is 0 Å². The van der Waals surface area contributed by atoms with Gasteiger partial charge in [-0.3, -0.25) is 25.0 Å². The lowest BCUT2D eigenvalue weighted by Gasteiger charge is -1.99. The Morgan fingerprint density at radius 3 is 2.62 bits per heavy atom. The first-order valence-electron chi connectivity index (χ1n) is 6.77. The Kier molecular flexibility index (Phi) is 5.32. The molecule has 0 atom stereocenters. The molecule has 1 amide bonds. The lowest BCUT2D eigenvalue weighted by atomic mass is 10.2. The van der Waals surface area contributed by atoms with Gasteiger partial charge in [-0.1, -0.05) is 13.0 Å². The average molecular weight is 348 g/mol. The molecular formula is C14H12N4O5S. The van der Waals surface area contributed by atoms with Crippen molar-refractivity contribution in [3.05, 3.63) is 65.9 Å². The number of nitrogens with one attached hydrogen (secondary N) is 1. The van der Waals surface area contributed by atoms with Crippen molar-refractivity contribution >= 4 is 34.8 Å². The van der Waals surface area contributed by atoms with Gasteiger partial charge in [0.05, 0.1) is 25.8 Å². The van der Waals surface area contributed by atoms with Crippen LogP contribution < -0.4 is 5.43 Å². The van der Waals surface area contributed by atoms with Gasteiger partial charge in [-0.25, -0.2) is 5.43 Å². The molecule has 1 aromatic carbocycles. The number of nitro benzene ring substituents is 1. The summed E-state index contributed by atoms with van der Waals surface area (Å²) >= 11 is 1.21. The molecule has 1 N–H and O–H groups in total. The van der Waals surface area contributed by atoms with Crippen molar-refractivity contribution in [2.24, 2.45) is 5.10 Å². The predicted molar refractivity (Wildman–Crippen MR) is 88.5 cm³/mol. The number of carbonyl (C=O) groups is 1. The summed E-state index contributed by atoms with van der Waals surface area (Å²) < 4.78 is 0. The predicted octanol–water partition coefficient (Wildman–Crippen LogP) is 2.89. The summed E-state index contributed by atoms with van der Waals surface area (Å²) in [6, 6.07) is 6.61. The number of carbonyl (C=O) groups excluding carboxylic acids is 1. The van der Waals surface area contributed by atoms with Crippen LogP contribution >= 0.6 is 11.3 Å². The third-order valence-corrected chi connectivity index (χ3v) is 4.20. The molecule has 124 valence electrons. The van der Waals surface area contributed by atoms with Crippen LogP contribution in [0.3, 0.4) is 0 Å². The van der Waals surface area contributed by atoms with Crippen LogP contribution in [0.4, 0.5) is 11.4 Å². The number of amides is 1. The Labute approximate surface area is 139 Å². The summed E-state index contributed by atoms with van der Waals surface area (Å²) in [5, 5.41) is 25.3. The molecule has 0 radical (unpaired) electrons. The van der Waals surface area contributed by atoms with Gasteiger partial charge in [0, 0.05) is 23.8 Å². The zero-order chi connectivity index (χ0) is 17.7. The van der Waals surface area contributed by atoms with Crippen molar-refractivity contribution in [1.82, 2.24) is 5.43 Å². The van der Waals surface area contributed by atoms with E-state index >= 15 is 0 Å².